The lowest BCUT2D eigenvalue weighted by Gasteiger charge is -2.07. The van der Waals surface area contributed by atoms with Crippen molar-refractivity contribution in [1.29, 1.82) is 0 Å². The molecule has 0 radical (unpaired) electrons. The number of nitrogens with one attached hydrogen (secondary N) is 1. The van der Waals surface area contributed by atoms with Gasteiger partial charge >= 0.3 is 0 Å². The Labute approximate surface area is 166 Å². The molecule has 0 amide bonds. The first-order valence-corrected chi connectivity index (χ1v) is 9.76. The van der Waals surface area contributed by atoms with Crippen molar-refractivity contribution >= 4 is 34.8 Å². The van der Waals surface area contributed by atoms with Crippen molar-refractivity contribution in [3.05, 3.63) is 66.7 Å². The van der Waals surface area contributed by atoms with E-state index in [9.17, 15) is 0 Å². The highest BCUT2D eigenvalue weighted by atomic mass is 32.2. The van der Waals surface area contributed by atoms with Gasteiger partial charge in [0.2, 0.25) is 0 Å². The van der Waals surface area contributed by atoms with Crippen LogP contribution in [0, 0.1) is 0 Å². The predicted molar refractivity (Wildman–Crippen MR) is 113 cm³/mol. The van der Waals surface area contributed by atoms with E-state index >= 15 is 0 Å². The van der Waals surface area contributed by atoms with Crippen molar-refractivity contribution in [3.63, 3.8) is 0 Å². The summed E-state index contributed by atoms with van der Waals surface area (Å²) in [5, 5.41) is 6.13. The van der Waals surface area contributed by atoms with E-state index in [0.29, 0.717) is 5.82 Å². The zero-order valence-electron chi connectivity index (χ0n) is 15.4. The Morgan fingerprint density at radius 1 is 1.14 bits per heavy atom. The van der Waals surface area contributed by atoms with Crippen LogP contribution in [-0.4, -0.2) is 39.1 Å². The van der Waals surface area contributed by atoms with Crippen LogP contribution >= 0.6 is 11.8 Å². The average Bonchev–Trinajstić information content (AvgIpc) is 3.19. The van der Waals surface area contributed by atoms with Crippen molar-refractivity contribution in [2.45, 2.75) is 5.03 Å². The summed E-state index contributed by atoms with van der Waals surface area (Å²) in [7, 11) is 1.65. The summed E-state index contributed by atoms with van der Waals surface area (Å²) in [5.74, 6) is 1.43. The molecule has 0 aliphatic heterocycles. The Balaban J connectivity index is 1.60. The fourth-order valence-corrected chi connectivity index (χ4v) is 3.13. The second kappa shape index (κ2) is 8.10. The number of pyridine rings is 1. The van der Waals surface area contributed by atoms with Gasteiger partial charge in [-0.25, -0.2) is 15.0 Å². The summed E-state index contributed by atoms with van der Waals surface area (Å²) in [4.78, 5) is 13.1. The number of hydrogen-bond donors (Lipinski definition) is 1. The van der Waals surface area contributed by atoms with Gasteiger partial charge in [-0.3, -0.25) is 5.43 Å². The van der Waals surface area contributed by atoms with Crippen molar-refractivity contribution < 1.29 is 4.74 Å². The van der Waals surface area contributed by atoms with E-state index in [1.54, 1.807) is 31.3 Å². The molecule has 0 saturated carbocycles. The van der Waals surface area contributed by atoms with E-state index in [2.05, 4.69) is 25.5 Å². The van der Waals surface area contributed by atoms with E-state index in [1.807, 2.05) is 59.5 Å². The summed E-state index contributed by atoms with van der Waals surface area (Å²) < 4.78 is 7.30. The van der Waals surface area contributed by atoms with Gasteiger partial charge in [-0.15, -0.1) is 11.8 Å². The van der Waals surface area contributed by atoms with Crippen LogP contribution in [0.3, 0.4) is 0 Å². The first kappa shape index (κ1) is 18.0. The topological polar surface area (TPSA) is 77.2 Å². The summed E-state index contributed by atoms with van der Waals surface area (Å²) >= 11 is 1.60. The highest BCUT2D eigenvalue weighted by Gasteiger charge is 2.09. The first-order chi connectivity index (χ1) is 13.8. The molecular weight excluding hydrogens is 372 g/mol. The van der Waals surface area contributed by atoms with Gasteiger partial charge in [-0.1, -0.05) is 6.07 Å². The molecule has 0 bridgehead atoms. The number of rotatable bonds is 6. The van der Waals surface area contributed by atoms with Gasteiger partial charge in [0.05, 0.1) is 29.4 Å². The molecule has 0 aliphatic carbocycles. The van der Waals surface area contributed by atoms with Gasteiger partial charge in [0, 0.05) is 24.0 Å². The fourth-order valence-electron chi connectivity index (χ4n) is 2.77. The smallest absolute Gasteiger partial charge is 0.159 e. The minimum Gasteiger partial charge on any atom is -0.497 e. The lowest BCUT2D eigenvalue weighted by Crippen LogP contribution is -1.98. The van der Waals surface area contributed by atoms with Crippen molar-refractivity contribution in [2.24, 2.45) is 5.10 Å². The van der Waals surface area contributed by atoms with Crippen LogP contribution in [0.1, 0.15) is 5.56 Å². The molecule has 28 heavy (non-hydrogen) atoms. The molecule has 3 heterocycles. The number of hydrazone groups is 1. The number of methoxy groups -OCH3 is 1. The van der Waals surface area contributed by atoms with Crippen LogP contribution in [0.5, 0.6) is 5.75 Å². The lowest BCUT2D eigenvalue weighted by atomic mass is 10.3. The monoisotopic (exact) mass is 390 g/mol. The van der Waals surface area contributed by atoms with Crippen LogP contribution in [0.25, 0.3) is 16.7 Å². The number of anilines is 1. The normalized spacial score (nSPS) is 11.2. The summed E-state index contributed by atoms with van der Waals surface area (Å²) in [6, 6.07) is 13.7. The van der Waals surface area contributed by atoms with Gasteiger partial charge in [0.1, 0.15) is 17.7 Å². The van der Waals surface area contributed by atoms with E-state index in [1.165, 1.54) is 6.33 Å². The Bertz CT molecular complexity index is 1120. The maximum atomic E-state index is 5.31. The summed E-state index contributed by atoms with van der Waals surface area (Å²) in [6.07, 6.45) is 8.96. The molecule has 3 aromatic heterocycles. The second-order valence-electron chi connectivity index (χ2n) is 5.85. The second-order valence-corrected chi connectivity index (χ2v) is 6.68. The van der Waals surface area contributed by atoms with Crippen LogP contribution in [0.4, 0.5) is 5.82 Å². The summed E-state index contributed by atoms with van der Waals surface area (Å²) in [5.41, 5.74) is 5.65. The Morgan fingerprint density at radius 2 is 2.07 bits per heavy atom. The first-order valence-electron chi connectivity index (χ1n) is 8.54. The Kier molecular flexibility index (Phi) is 5.20. The molecule has 0 saturated heterocycles. The fraction of sp³-hybridized carbons (Fsp3) is 0.100. The number of aromatic nitrogens is 4. The van der Waals surface area contributed by atoms with Crippen molar-refractivity contribution in [3.8, 4) is 11.4 Å². The van der Waals surface area contributed by atoms with Crippen LogP contribution in [0.15, 0.2) is 71.3 Å². The molecule has 140 valence electrons. The number of ether oxygens (including phenoxy) is 1. The van der Waals surface area contributed by atoms with Crippen LogP contribution < -0.4 is 10.2 Å². The number of thioether (sulfide) groups is 1. The molecule has 1 aromatic carbocycles. The van der Waals surface area contributed by atoms with Gasteiger partial charge in [-0.05, 0) is 36.6 Å². The highest BCUT2D eigenvalue weighted by Crippen LogP contribution is 2.25. The number of nitrogens with zero attached hydrogens (tertiary/aromatic N) is 5. The van der Waals surface area contributed by atoms with Crippen LogP contribution in [-0.2, 0) is 0 Å². The van der Waals surface area contributed by atoms with E-state index in [-0.39, 0.29) is 0 Å². The van der Waals surface area contributed by atoms with E-state index in [0.717, 1.165) is 33.1 Å². The standard InChI is InChI=1S/C20H18N6OS/c1-27-16-5-3-4-15(10-16)26-9-8-17-19(22-13-23-20(17)26)25-24-12-14-6-7-18(28-2)21-11-14/h3-13H,1-2H3,(H,22,23,25)/b24-12+. The van der Waals surface area contributed by atoms with Crippen molar-refractivity contribution in [1.82, 2.24) is 19.5 Å². The molecule has 0 aliphatic rings. The molecule has 8 heteroatoms. The molecule has 0 fully saturated rings. The molecule has 0 spiro atoms. The minimum absolute atomic E-state index is 0.636. The van der Waals surface area contributed by atoms with Gasteiger partial charge in [0.15, 0.2) is 5.82 Å². The number of fused-ring (bicyclic) bond motifs is 1. The number of benzene rings is 1. The molecule has 1 N–H and O–H groups in total. The van der Waals surface area contributed by atoms with E-state index < -0.39 is 0 Å². The third-order valence-corrected chi connectivity index (χ3v) is 4.83. The van der Waals surface area contributed by atoms with Gasteiger partial charge in [0.25, 0.3) is 0 Å². The Morgan fingerprint density at radius 3 is 2.86 bits per heavy atom. The highest BCUT2D eigenvalue weighted by molar-refractivity contribution is 7.98. The maximum Gasteiger partial charge on any atom is 0.159 e. The average molecular weight is 390 g/mol. The molecule has 4 aromatic rings. The molecule has 4 rings (SSSR count). The van der Waals surface area contributed by atoms with Crippen LogP contribution in [0.2, 0.25) is 0 Å². The largest absolute Gasteiger partial charge is 0.497 e. The minimum atomic E-state index is 0.636. The third kappa shape index (κ3) is 3.67. The Hall–Kier alpha value is -3.39. The van der Waals surface area contributed by atoms with Gasteiger partial charge < -0.3 is 9.30 Å². The van der Waals surface area contributed by atoms with E-state index in [4.69, 9.17) is 4.74 Å². The third-order valence-electron chi connectivity index (χ3n) is 4.17. The number of hydrogen-bond acceptors (Lipinski definition) is 7. The zero-order chi connectivity index (χ0) is 19.3. The molecular formula is C20H18N6OS. The van der Waals surface area contributed by atoms with Gasteiger partial charge in [-0.2, -0.15) is 5.10 Å². The predicted octanol–water partition coefficient (Wildman–Crippen LogP) is 3.99. The zero-order valence-corrected chi connectivity index (χ0v) is 16.2. The molecule has 7 nitrogen and oxygen atoms in total. The molecule has 0 unspecified atom stereocenters. The maximum absolute atomic E-state index is 5.31. The lowest BCUT2D eigenvalue weighted by molar-refractivity contribution is 0.414. The van der Waals surface area contributed by atoms with Crippen molar-refractivity contribution in [2.75, 3.05) is 18.8 Å². The SMILES string of the molecule is COc1cccc(-n2ccc3c(N/N=C/c4ccc(SC)nc4)ncnc32)c1. The molecule has 0 atom stereocenters. The summed E-state index contributed by atoms with van der Waals surface area (Å²) in [6.45, 7) is 0. The quantitative estimate of drug-likeness (QED) is 0.305.